The van der Waals surface area contributed by atoms with Crippen LogP contribution in [0, 0.1) is 11.7 Å². The van der Waals surface area contributed by atoms with Crippen LogP contribution in [0.2, 0.25) is 0 Å². The molecular formula is C15H20FNO3. The average molecular weight is 281 g/mol. The van der Waals surface area contributed by atoms with Crippen LogP contribution >= 0.6 is 0 Å². The van der Waals surface area contributed by atoms with Gasteiger partial charge in [0.15, 0.2) is 0 Å². The third-order valence-electron chi connectivity index (χ3n) is 3.54. The lowest BCUT2D eigenvalue weighted by atomic mass is 9.97. The zero-order chi connectivity index (χ0) is 14.5. The van der Waals surface area contributed by atoms with E-state index in [4.69, 9.17) is 9.47 Å². The number of methoxy groups -OCH3 is 1. The first-order chi connectivity index (χ1) is 9.65. The molecule has 5 heteroatoms. The van der Waals surface area contributed by atoms with Gasteiger partial charge < -0.3 is 14.4 Å². The monoisotopic (exact) mass is 281 g/mol. The molecule has 1 fully saturated rings. The van der Waals surface area contributed by atoms with E-state index >= 15 is 0 Å². The minimum atomic E-state index is -0.325. The minimum absolute atomic E-state index is 0.176. The van der Waals surface area contributed by atoms with Crippen LogP contribution in [0.25, 0.3) is 0 Å². The van der Waals surface area contributed by atoms with Gasteiger partial charge >= 0.3 is 5.97 Å². The maximum Gasteiger partial charge on any atom is 0.310 e. The van der Waals surface area contributed by atoms with E-state index in [0.717, 1.165) is 19.4 Å². The van der Waals surface area contributed by atoms with Gasteiger partial charge in [-0.05, 0) is 31.9 Å². The van der Waals surface area contributed by atoms with Crippen molar-refractivity contribution in [1.82, 2.24) is 0 Å². The normalized spacial score (nSPS) is 18.8. The Hall–Kier alpha value is -1.78. The molecule has 2 rings (SSSR count). The maximum absolute atomic E-state index is 14.1. The molecule has 1 heterocycles. The first kappa shape index (κ1) is 14.6. The molecule has 1 aliphatic rings. The van der Waals surface area contributed by atoms with E-state index in [-0.39, 0.29) is 17.7 Å². The van der Waals surface area contributed by atoms with Gasteiger partial charge in [0.2, 0.25) is 0 Å². The van der Waals surface area contributed by atoms with Crippen LogP contribution in [0.5, 0.6) is 5.75 Å². The molecule has 1 aromatic rings. The Morgan fingerprint density at radius 3 is 2.95 bits per heavy atom. The molecule has 0 bridgehead atoms. The Morgan fingerprint density at radius 2 is 2.30 bits per heavy atom. The highest BCUT2D eigenvalue weighted by Crippen LogP contribution is 2.28. The Kier molecular flexibility index (Phi) is 4.82. The average Bonchev–Trinajstić information content (AvgIpc) is 2.47. The number of nitrogens with zero attached hydrogens (tertiary/aromatic N) is 1. The number of halogens is 1. The quantitative estimate of drug-likeness (QED) is 0.795. The smallest absolute Gasteiger partial charge is 0.310 e. The number of carbonyl (C=O) groups is 1. The molecule has 110 valence electrons. The number of piperidine rings is 1. The van der Waals surface area contributed by atoms with Crippen molar-refractivity contribution in [3.05, 3.63) is 24.0 Å². The first-order valence-corrected chi connectivity index (χ1v) is 6.90. The molecule has 1 unspecified atom stereocenters. The summed E-state index contributed by atoms with van der Waals surface area (Å²) in [6.07, 6.45) is 1.65. The molecule has 1 aromatic carbocycles. The van der Waals surface area contributed by atoms with Crippen molar-refractivity contribution in [1.29, 1.82) is 0 Å². The second kappa shape index (κ2) is 6.59. The predicted octanol–water partition coefficient (Wildman–Crippen LogP) is 2.61. The Morgan fingerprint density at radius 1 is 1.50 bits per heavy atom. The fourth-order valence-corrected chi connectivity index (χ4v) is 2.52. The van der Waals surface area contributed by atoms with E-state index in [2.05, 4.69) is 0 Å². The summed E-state index contributed by atoms with van der Waals surface area (Å²) in [5.41, 5.74) is 0.514. The van der Waals surface area contributed by atoms with Gasteiger partial charge in [-0.3, -0.25) is 4.79 Å². The molecule has 0 radical (unpaired) electrons. The van der Waals surface area contributed by atoms with Gasteiger partial charge in [0, 0.05) is 19.2 Å². The van der Waals surface area contributed by atoms with Crippen molar-refractivity contribution < 1.29 is 18.7 Å². The van der Waals surface area contributed by atoms with Gasteiger partial charge in [-0.15, -0.1) is 0 Å². The molecule has 0 amide bonds. The lowest BCUT2D eigenvalue weighted by Crippen LogP contribution is -2.39. The van der Waals surface area contributed by atoms with Crippen molar-refractivity contribution in [2.24, 2.45) is 5.92 Å². The molecule has 1 atom stereocenters. The number of hydrogen-bond donors (Lipinski definition) is 0. The number of rotatable bonds is 4. The zero-order valence-electron chi connectivity index (χ0n) is 11.9. The molecule has 4 nitrogen and oxygen atoms in total. The van der Waals surface area contributed by atoms with E-state index in [0.29, 0.717) is 24.6 Å². The van der Waals surface area contributed by atoms with Crippen molar-refractivity contribution in [3.63, 3.8) is 0 Å². The van der Waals surface area contributed by atoms with Gasteiger partial charge in [-0.2, -0.15) is 0 Å². The van der Waals surface area contributed by atoms with Gasteiger partial charge in [0.25, 0.3) is 0 Å². The number of ether oxygens (including phenoxy) is 2. The topological polar surface area (TPSA) is 38.8 Å². The highest BCUT2D eigenvalue weighted by atomic mass is 19.1. The molecule has 1 aliphatic heterocycles. The Labute approximate surface area is 118 Å². The summed E-state index contributed by atoms with van der Waals surface area (Å²) in [6.45, 7) is 3.43. The summed E-state index contributed by atoms with van der Waals surface area (Å²) in [5.74, 6) is -0.199. The number of hydrogen-bond acceptors (Lipinski definition) is 4. The van der Waals surface area contributed by atoms with Gasteiger partial charge in [0.05, 0.1) is 25.3 Å². The largest absolute Gasteiger partial charge is 0.497 e. The number of anilines is 1. The van der Waals surface area contributed by atoms with Crippen LogP contribution in [0.15, 0.2) is 18.2 Å². The number of esters is 1. The van der Waals surface area contributed by atoms with Crippen molar-refractivity contribution in [3.8, 4) is 5.75 Å². The van der Waals surface area contributed by atoms with Crippen molar-refractivity contribution in [2.45, 2.75) is 19.8 Å². The molecule has 0 aromatic heterocycles. The molecule has 1 saturated heterocycles. The fourth-order valence-electron chi connectivity index (χ4n) is 2.52. The summed E-state index contributed by atoms with van der Waals surface area (Å²) in [4.78, 5) is 13.7. The maximum atomic E-state index is 14.1. The first-order valence-electron chi connectivity index (χ1n) is 6.90. The molecule has 20 heavy (non-hydrogen) atoms. The van der Waals surface area contributed by atoms with Crippen LogP contribution in [0.3, 0.4) is 0 Å². The number of carbonyl (C=O) groups excluding carboxylic acids is 1. The van der Waals surface area contributed by atoms with E-state index in [9.17, 15) is 9.18 Å². The lowest BCUT2D eigenvalue weighted by Gasteiger charge is -2.33. The van der Waals surface area contributed by atoms with Gasteiger partial charge in [0.1, 0.15) is 11.6 Å². The van der Waals surface area contributed by atoms with Crippen molar-refractivity contribution in [2.75, 3.05) is 31.7 Å². The minimum Gasteiger partial charge on any atom is -0.497 e. The van der Waals surface area contributed by atoms with Crippen LogP contribution < -0.4 is 9.64 Å². The van der Waals surface area contributed by atoms with Crippen molar-refractivity contribution >= 4 is 11.7 Å². The zero-order valence-corrected chi connectivity index (χ0v) is 11.9. The fraction of sp³-hybridized carbons (Fsp3) is 0.533. The summed E-state index contributed by atoms with van der Waals surface area (Å²) in [5, 5.41) is 0. The van der Waals surface area contributed by atoms with E-state index in [1.165, 1.54) is 13.2 Å². The van der Waals surface area contributed by atoms with E-state index < -0.39 is 0 Å². The Bertz CT molecular complexity index is 478. The molecular weight excluding hydrogens is 261 g/mol. The molecule has 0 aliphatic carbocycles. The van der Waals surface area contributed by atoms with Gasteiger partial charge in [-0.1, -0.05) is 0 Å². The Balaban J connectivity index is 2.10. The third-order valence-corrected chi connectivity index (χ3v) is 3.54. The standard InChI is InChI=1S/C15H20FNO3/c1-3-20-15(18)11-5-4-8-17(10-11)14-7-6-12(19-2)9-13(14)16/h6-7,9,11H,3-5,8,10H2,1-2H3. The second-order valence-corrected chi connectivity index (χ2v) is 4.85. The molecule has 0 N–H and O–H groups in total. The van der Waals surface area contributed by atoms with Crippen LogP contribution in [-0.4, -0.2) is 32.8 Å². The van der Waals surface area contributed by atoms with Gasteiger partial charge in [-0.25, -0.2) is 4.39 Å². The number of benzene rings is 1. The second-order valence-electron chi connectivity index (χ2n) is 4.85. The molecule has 0 spiro atoms. The molecule has 0 saturated carbocycles. The highest BCUT2D eigenvalue weighted by molar-refractivity contribution is 5.73. The van der Waals surface area contributed by atoms with Crippen LogP contribution in [-0.2, 0) is 9.53 Å². The predicted molar refractivity (Wildman–Crippen MR) is 74.5 cm³/mol. The van der Waals surface area contributed by atoms with Crippen LogP contribution in [0.1, 0.15) is 19.8 Å². The third kappa shape index (κ3) is 3.21. The highest BCUT2D eigenvalue weighted by Gasteiger charge is 2.28. The van der Waals surface area contributed by atoms with Crippen LogP contribution in [0.4, 0.5) is 10.1 Å². The van der Waals surface area contributed by atoms with E-state index in [1.807, 2.05) is 4.90 Å². The lowest BCUT2D eigenvalue weighted by molar-refractivity contribution is -0.148. The summed E-state index contributed by atoms with van der Waals surface area (Å²) in [7, 11) is 1.51. The summed E-state index contributed by atoms with van der Waals surface area (Å²) >= 11 is 0. The van der Waals surface area contributed by atoms with E-state index in [1.54, 1.807) is 19.1 Å². The summed E-state index contributed by atoms with van der Waals surface area (Å²) in [6, 6.07) is 4.79. The summed E-state index contributed by atoms with van der Waals surface area (Å²) < 4.78 is 24.1. The SMILES string of the molecule is CCOC(=O)C1CCCN(c2ccc(OC)cc2F)C1.